The lowest BCUT2D eigenvalue weighted by molar-refractivity contribution is -0.120. The van der Waals surface area contributed by atoms with Crippen molar-refractivity contribution >= 4 is 5.91 Å². The molecule has 0 saturated carbocycles. The lowest BCUT2D eigenvalue weighted by Crippen LogP contribution is -2.35. The number of hydrogen-bond donors (Lipinski definition) is 2. The average molecular weight is 292 g/mol. The van der Waals surface area contributed by atoms with Crippen LogP contribution in [0.25, 0.3) is 0 Å². The number of carbonyl (C=O) groups excluding carboxylic acids is 1. The Morgan fingerprint density at radius 2 is 2.24 bits per heavy atom. The average Bonchev–Trinajstić information content (AvgIpc) is 2.76. The fourth-order valence-corrected chi connectivity index (χ4v) is 2.57. The largest absolute Gasteiger partial charge is 0.496 e. The minimum Gasteiger partial charge on any atom is -0.496 e. The second kappa shape index (κ2) is 6.35. The summed E-state index contributed by atoms with van der Waals surface area (Å²) in [6.07, 6.45) is 1.00. The van der Waals surface area contributed by atoms with Gasteiger partial charge in [-0.2, -0.15) is 0 Å². The van der Waals surface area contributed by atoms with Crippen molar-refractivity contribution in [3.8, 4) is 11.5 Å². The molecule has 0 bridgehead atoms. The normalized spacial score (nSPS) is 18.2. The van der Waals surface area contributed by atoms with Crippen molar-refractivity contribution in [2.75, 3.05) is 13.7 Å². The highest BCUT2D eigenvalue weighted by molar-refractivity contribution is 5.82. The summed E-state index contributed by atoms with van der Waals surface area (Å²) in [5, 5.41) is 3.20. The first-order valence-corrected chi connectivity index (χ1v) is 7.32. The van der Waals surface area contributed by atoms with Crippen molar-refractivity contribution in [1.82, 2.24) is 5.32 Å². The van der Waals surface area contributed by atoms with Gasteiger partial charge in [-0.3, -0.25) is 4.79 Å². The standard InChI is InChI=1S/C16H24N2O3/c1-9(2)8-18-15(16(17)19)12-7-13-11(5-10(3)21-13)6-14(12)20-4/h6-7,9-10,15,18H,5,8H2,1-4H3,(H2,17,19). The highest BCUT2D eigenvalue weighted by Crippen LogP contribution is 2.37. The summed E-state index contributed by atoms with van der Waals surface area (Å²) in [4.78, 5) is 11.8. The molecule has 1 aromatic carbocycles. The van der Waals surface area contributed by atoms with Crippen LogP contribution in [0, 0.1) is 5.92 Å². The monoisotopic (exact) mass is 292 g/mol. The van der Waals surface area contributed by atoms with E-state index in [9.17, 15) is 4.79 Å². The van der Waals surface area contributed by atoms with Crippen molar-refractivity contribution in [2.45, 2.75) is 39.3 Å². The van der Waals surface area contributed by atoms with Gasteiger partial charge in [0.1, 0.15) is 23.6 Å². The zero-order chi connectivity index (χ0) is 15.6. The zero-order valence-electron chi connectivity index (χ0n) is 13.1. The van der Waals surface area contributed by atoms with Crippen LogP contribution in [-0.2, 0) is 11.2 Å². The van der Waals surface area contributed by atoms with Gasteiger partial charge in [0.15, 0.2) is 0 Å². The molecule has 0 saturated heterocycles. The van der Waals surface area contributed by atoms with E-state index in [0.29, 0.717) is 18.2 Å². The molecule has 0 spiro atoms. The van der Waals surface area contributed by atoms with Gasteiger partial charge >= 0.3 is 0 Å². The van der Waals surface area contributed by atoms with Crippen LogP contribution >= 0.6 is 0 Å². The van der Waals surface area contributed by atoms with Crippen LogP contribution in [0.2, 0.25) is 0 Å². The molecule has 0 aliphatic carbocycles. The number of fused-ring (bicyclic) bond motifs is 1. The van der Waals surface area contributed by atoms with Crippen LogP contribution in [0.15, 0.2) is 12.1 Å². The number of hydrogen-bond acceptors (Lipinski definition) is 4. The van der Waals surface area contributed by atoms with Gasteiger partial charge in [0.25, 0.3) is 0 Å². The van der Waals surface area contributed by atoms with Crippen molar-refractivity contribution in [1.29, 1.82) is 0 Å². The molecular formula is C16H24N2O3. The zero-order valence-corrected chi connectivity index (χ0v) is 13.1. The third-order valence-electron chi connectivity index (χ3n) is 3.57. The quantitative estimate of drug-likeness (QED) is 0.838. The minimum atomic E-state index is -0.577. The molecule has 3 N–H and O–H groups in total. The first-order chi connectivity index (χ1) is 9.92. The van der Waals surface area contributed by atoms with Crippen LogP contribution in [0.5, 0.6) is 11.5 Å². The lowest BCUT2D eigenvalue weighted by atomic mass is 10.00. The van der Waals surface area contributed by atoms with Gasteiger partial charge in [0.05, 0.1) is 7.11 Å². The van der Waals surface area contributed by atoms with Gasteiger partial charge in [-0.25, -0.2) is 0 Å². The second-order valence-electron chi connectivity index (χ2n) is 5.97. The fourth-order valence-electron chi connectivity index (χ4n) is 2.57. The number of amides is 1. The maximum absolute atomic E-state index is 11.8. The maximum atomic E-state index is 11.8. The highest BCUT2D eigenvalue weighted by Gasteiger charge is 2.27. The Hall–Kier alpha value is -1.75. The van der Waals surface area contributed by atoms with Crippen LogP contribution < -0.4 is 20.5 Å². The SMILES string of the molecule is COc1cc2c(cc1C(NCC(C)C)C(N)=O)OC(C)C2. The van der Waals surface area contributed by atoms with Gasteiger partial charge in [0.2, 0.25) is 5.91 Å². The Kier molecular flexibility index (Phi) is 4.73. The Bertz CT molecular complexity index is 528. The van der Waals surface area contributed by atoms with Crippen molar-refractivity contribution in [3.63, 3.8) is 0 Å². The Labute approximate surface area is 125 Å². The van der Waals surface area contributed by atoms with Crippen LogP contribution in [-0.4, -0.2) is 25.7 Å². The van der Waals surface area contributed by atoms with Gasteiger partial charge < -0.3 is 20.5 Å². The molecular weight excluding hydrogens is 268 g/mol. The first kappa shape index (κ1) is 15.6. The Balaban J connectivity index is 2.35. The first-order valence-electron chi connectivity index (χ1n) is 7.32. The number of benzene rings is 1. The van der Waals surface area contributed by atoms with Crippen molar-refractivity contribution < 1.29 is 14.3 Å². The number of primary amides is 1. The van der Waals surface area contributed by atoms with Gasteiger partial charge in [-0.05, 0) is 31.5 Å². The topological polar surface area (TPSA) is 73.6 Å². The molecule has 1 heterocycles. The molecule has 2 unspecified atom stereocenters. The predicted octanol–water partition coefficient (Wildman–Crippen LogP) is 1.79. The molecule has 5 heteroatoms. The maximum Gasteiger partial charge on any atom is 0.239 e. The number of ether oxygens (including phenoxy) is 2. The number of carbonyl (C=O) groups is 1. The Morgan fingerprint density at radius 1 is 1.52 bits per heavy atom. The third-order valence-corrected chi connectivity index (χ3v) is 3.57. The van der Waals surface area contributed by atoms with Gasteiger partial charge in [0, 0.05) is 17.5 Å². The molecule has 21 heavy (non-hydrogen) atoms. The molecule has 1 aromatic rings. The van der Waals surface area contributed by atoms with Gasteiger partial charge in [-0.15, -0.1) is 0 Å². The molecule has 1 aliphatic rings. The van der Waals surface area contributed by atoms with E-state index >= 15 is 0 Å². The second-order valence-corrected chi connectivity index (χ2v) is 5.97. The molecule has 2 atom stereocenters. The van der Waals surface area contributed by atoms with Crippen LogP contribution in [0.3, 0.4) is 0 Å². The number of rotatable bonds is 6. The molecule has 0 radical (unpaired) electrons. The predicted molar refractivity (Wildman–Crippen MR) is 81.6 cm³/mol. The van der Waals surface area contributed by atoms with E-state index in [1.54, 1.807) is 7.11 Å². The summed E-state index contributed by atoms with van der Waals surface area (Å²) in [5.41, 5.74) is 7.39. The molecule has 1 amide bonds. The summed E-state index contributed by atoms with van der Waals surface area (Å²) in [5.74, 6) is 1.49. The van der Waals surface area contributed by atoms with Crippen LogP contribution in [0.4, 0.5) is 0 Å². The van der Waals surface area contributed by atoms with E-state index in [-0.39, 0.29) is 6.10 Å². The molecule has 1 aliphatic heterocycles. The summed E-state index contributed by atoms with van der Waals surface area (Å²) in [6.45, 7) is 6.88. The lowest BCUT2D eigenvalue weighted by Gasteiger charge is -2.20. The fraction of sp³-hybridized carbons (Fsp3) is 0.562. The summed E-state index contributed by atoms with van der Waals surface area (Å²) in [7, 11) is 1.60. The number of nitrogens with two attached hydrogens (primary N) is 1. The molecule has 2 rings (SSSR count). The van der Waals surface area contributed by atoms with E-state index in [2.05, 4.69) is 19.2 Å². The van der Waals surface area contributed by atoms with E-state index in [0.717, 1.165) is 23.3 Å². The van der Waals surface area contributed by atoms with E-state index in [4.69, 9.17) is 15.2 Å². The van der Waals surface area contributed by atoms with Gasteiger partial charge in [-0.1, -0.05) is 13.8 Å². The molecule has 116 valence electrons. The minimum absolute atomic E-state index is 0.149. The van der Waals surface area contributed by atoms with Crippen molar-refractivity contribution in [3.05, 3.63) is 23.3 Å². The van der Waals surface area contributed by atoms with Crippen LogP contribution in [0.1, 0.15) is 37.9 Å². The Morgan fingerprint density at radius 3 is 2.81 bits per heavy atom. The van der Waals surface area contributed by atoms with E-state index in [1.807, 2.05) is 19.1 Å². The van der Waals surface area contributed by atoms with E-state index in [1.165, 1.54) is 0 Å². The summed E-state index contributed by atoms with van der Waals surface area (Å²) in [6, 6.07) is 3.24. The smallest absolute Gasteiger partial charge is 0.239 e. The third kappa shape index (κ3) is 3.47. The molecule has 5 nitrogen and oxygen atoms in total. The number of nitrogens with one attached hydrogen (secondary N) is 1. The van der Waals surface area contributed by atoms with E-state index < -0.39 is 11.9 Å². The molecule has 0 aromatic heterocycles. The highest BCUT2D eigenvalue weighted by atomic mass is 16.5. The molecule has 0 fully saturated rings. The van der Waals surface area contributed by atoms with Crippen molar-refractivity contribution in [2.24, 2.45) is 11.7 Å². The summed E-state index contributed by atoms with van der Waals surface area (Å²) >= 11 is 0. The summed E-state index contributed by atoms with van der Waals surface area (Å²) < 4.78 is 11.2. The number of methoxy groups -OCH3 is 1.